The average molecular weight is 1180 g/mol. The van der Waals surface area contributed by atoms with Crippen LogP contribution >= 0.6 is 0 Å². The van der Waals surface area contributed by atoms with E-state index < -0.39 is 180 Å². The van der Waals surface area contributed by atoms with Crippen LogP contribution in [0.5, 0.6) is 0 Å². The molecule has 0 aromatic rings. The molecule has 9 rings (SSSR count). The van der Waals surface area contributed by atoms with Crippen LogP contribution in [0.15, 0.2) is 164 Å². The summed E-state index contributed by atoms with van der Waals surface area (Å²) in [7, 11) is 0. The Morgan fingerprint density at radius 2 is 0.721 bits per heavy atom. The molecule has 454 valence electrons. The second-order valence-corrected chi connectivity index (χ2v) is 25.2. The van der Waals surface area contributed by atoms with Crippen molar-refractivity contribution in [2.45, 2.75) is 117 Å². The molecule has 4 saturated heterocycles. The molecule has 4 aliphatic heterocycles. The number of ether oxygens (including phenoxy) is 4. The molecule has 12 atom stereocenters. The van der Waals surface area contributed by atoms with Gasteiger partial charge in [-0.15, -0.1) is 0 Å². The highest BCUT2D eigenvalue weighted by atomic mass is 16.6. The summed E-state index contributed by atoms with van der Waals surface area (Å²) in [6.45, 7) is 13.9. The van der Waals surface area contributed by atoms with E-state index in [-0.39, 0.29) is 42.4 Å². The molecule has 8 bridgehead atoms. The number of rotatable bonds is 4. The molecule has 0 amide bonds. The Morgan fingerprint density at radius 3 is 1.03 bits per heavy atom. The number of hydrogen-bond acceptors (Lipinski definition) is 20. The quantitative estimate of drug-likeness (QED) is 0.0495. The van der Waals surface area contributed by atoms with Crippen LogP contribution in [0.25, 0.3) is 0 Å². The molecule has 12 unspecified atom stereocenters. The van der Waals surface area contributed by atoms with Crippen molar-refractivity contribution in [3.05, 3.63) is 164 Å². The molecule has 20 nitrogen and oxygen atoms in total. The second kappa shape index (κ2) is 21.3. The number of aliphatic hydroxyl groups excluding tert-OH is 7. The van der Waals surface area contributed by atoms with E-state index in [9.17, 15) is 64.5 Å². The third kappa shape index (κ3) is 8.90. The number of Topliss-reactive ketones (excluding diaryl/α,β-unsaturated/α-hetero) is 4. The molecule has 4 fully saturated rings. The first-order chi connectivity index (χ1) is 40.2. The van der Waals surface area contributed by atoms with Crippen LogP contribution in [0.2, 0.25) is 0 Å². The van der Waals surface area contributed by atoms with Gasteiger partial charge in [-0.2, -0.15) is 0 Å². The molecule has 0 saturated carbocycles. The minimum atomic E-state index is -2.20. The molecule has 0 aromatic heterocycles. The molecular formula is C66H70O20. The van der Waals surface area contributed by atoms with Gasteiger partial charge in [0, 0.05) is 25.7 Å². The summed E-state index contributed by atoms with van der Waals surface area (Å²) in [5, 5.41) is 78.9. The van der Waals surface area contributed by atoms with E-state index in [4.69, 9.17) is 18.9 Å². The Morgan fingerprint density at radius 1 is 0.442 bits per heavy atom. The minimum Gasteiger partial charge on any atom is -0.507 e. The van der Waals surface area contributed by atoms with Crippen molar-refractivity contribution in [2.75, 3.05) is 19.8 Å². The summed E-state index contributed by atoms with van der Waals surface area (Å²) in [4.78, 5) is 129. The van der Waals surface area contributed by atoms with Gasteiger partial charge in [0.15, 0.2) is 22.4 Å². The molecule has 9 aliphatic rings. The van der Waals surface area contributed by atoms with Crippen molar-refractivity contribution in [1.82, 2.24) is 0 Å². The number of fused-ring (bicyclic) bond motifs is 4. The predicted molar refractivity (Wildman–Crippen MR) is 305 cm³/mol. The fourth-order valence-corrected chi connectivity index (χ4v) is 14.2. The van der Waals surface area contributed by atoms with Gasteiger partial charge in [-0.25, -0.2) is 19.2 Å². The highest BCUT2D eigenvalue weighted by Crippen LogP contribution is 2.58. The minimum absolute atomic E-state index is 0.0801. The lowest BCUT2D eigenvalue weighted by molar-refractivity contribution is -0.162. The lowest BCUT2D eigenvalue weighted by Gasteiger charge is -2.45. The first-order valence-corrected chi connectivity index (χ1v) is 28.3. The van der Waals surface area contributed by atoms with Crippen LogP contribution in [-0.2, 0) is 62.1 Å². The zero-order chi connectivity index (χ0) is 63.4. The van der Waals surface area contributed by atoms with Crippen LogP contribution in [0.1, 0.15) is 94.9 Å². The van der Waals surface area contributed by atoms with E-state index in [0.717, 1.165) is 12.2 Å². The van der Waals surface area contributed by atoms with Gasteiger partial charge in [0.05, 0.1) is 41.5 Å². The monoisotopic (exact) mass is 1180 g/mol. The molecule has 0 radical (unpaired) electrons. The van der Waals surface area contributed by atoms with Gasteiger partial charge in [-0.1, -0.05) is 101 Å². The Bertz CT molecular complexity index is 3630. The summed E-state index contributed by atoms with van der Waals surface area (Å²) < 4.78 is 24.0. The lowest BCUT2D eigenvalue weighted by Crippen LogP contribution is -2.53. The summed E-state index contributed by atoms with van der Waals surface area (Å²) in [5.74, 6) is -14.9. The number of carbonyl (C=O) groups excluding carboxylic acids is 9. The molecule has 4 spiro atoms. The number of allylic oxidation sites excluding steroid dienone is 9. The average Bonchev–Trinajstić information content (AvgIpc) is 1.52. The first-order valence-electron chi connectivity index (χ1n) is 28.3. The van der Waals surface area contributed by atoms with E-state index in [1.54, 1.807) is 27.7 Å². The number of hydrogen-bond donors (Lipinski definition) is 7. The maximum atomic E-state index is 15.0. The SMILES string of the molecule is CC1=CC=CC2(C)C=C(CO)C(C)CC23OC(=O)C(=C(O)C=CC2(C)C=C(CO)C(C)CC24OC(=O)C(=C(O)C(C)=CC=CC2(C)C=C(CO)C(C)CC25OC(=O)C(=C(O)C=CC2(C)C=C(C=O)C(C)CC26OC(=O)C(=C1O)C6=O)C5=O)C4=O)C3=O. The van der Waals surface area contributed by atoms with E-state index in [2.05, 4.69) is 0 Å². The molecule has 7 N–H and O–H groups in total. The summed E-state index contributed by atoms with van der Waals surface area (Å²) in [5.41, 5.74) is -17.3. The van der Waals surface area contributed by atoms with Crippen LogP contribution in [0.4, 0.5) is 0 Å². The van der Waals surface area contributed by atoms with Crippen molar-refractivity contribution >= 4 is 53.3 Å². The van der Waals surface area contributed by atoms with Crippen molar-refractivity contribution in [2.24, 2.45) is 45.3 Å². The second-order valence-electron chi connectivity index (χ2n) is 25.2. The Kier molecular flexibility index (Phi) is 15.4. The zero-order valence-electron chi connectivity index (χ0n) is 49.4. The topological polar surface area (TPSA) is 332 Å². The normalized spacial score (nSPS) is 37.8. The number of ketones is 4. The van der Waals surface area contributed by atoms with Gasteiger partial charge in [0.2, 0.25) is 23.1 Å². The molecule has 86 heavy (non-hydrogen) atoms. The molecule has 20 heteroatoms. The number of aliphatic hydroxyl groups is 7. The van der Waals surface area contributed by atoms with Gasteiger partial charge in [0.25, 0.3) is 0 Å². The highest BCUT2D eigenvalue weighted by Gasteiger charge is 2.68. The van der Waals surface area contributed by atoms with E-state index in [1.165, 1.54) is 114 Å². The Labute approximate surface area is 495 Å². The third-order valence-corrected chi connectivity index (χ3v) is 19.7. The largest absolute Gasteiger partial charge is 0.507 e. The lowest BCUT2D eigenvalue weighted by atomic mass is 9.60. The summed E-state index contributed by atoms with van der Waals surface area (Å²) >= 11 is 0. The van der Waals surface area contributed by atoms with E-state index >= 15 is 14.4 Å². The Balaban J connectivity index is 1.26. The fourth-order valence-electron chi connectivity index (χ4n) is 14.2. The Hall–Kier alpha value is -8.33. The number of aldehydes is 1. The van der Waals surface area contributed by atoms with Gasteiger partial charge in [-0.05, 0) is 111 Å². The van der Waals surface area contributed by atoms with Gasteiger partial charge < -0.3 is 54.7 Å². The predicted octanol–water partition coefficient (Wildman–Crippen LogP) is 6.89. The van der Waals surface area contributed by atoms with Crippen molar-refractivity contribution < 1.29 is 97.8 Å². The zero-order valence-corrected chi connectivity index (χ0v) is 49.4. The smallest absolute Gasteiger partial charge is 0.346 e. The van der Waals surface area contributed by atoms with Crippen LogP contribution in [-0.4, -0.2) is 131 Å². The summed E-state index contributed by atoms with van der Waals surface area (Å²) in [6.07, 6.45) is 17.9. The van der Waals surface area contributed by atoms with Crippen LogP contribution in [0.3, 0.4) is 0 Å². The molecular weight excluding hydrogens is 1110 g/mol. The number of carbonyl (C=O) groups is 9. The van der Waals surface area contributed by atoms with Gasteiger partial charge in [-0.3, -0.25) is 24.0 Å². The van der Waals surface area contributed by atoms with Gasteiger partial charge in [0.1, 0.15) is 51.6 Å². The van der Waals surface area contributed by atoms with Crippen molar-refractivity contribution in [3.8, 4) is 0 Å². The first kappa shape index (κ1) is 62.2. The molecule has 4 heterocycles. The maximum Gasteiger partial charge on any atom is 0.346 e. The van der Waals surface area contributed by atoms with E-state index in [0.29, 0.717) is 23.0 Å². The van der Waals surface area contributed by atoms with Crippen LogP contribution in [0, 0.1) is 45.3 Å². The van der Waals surface area contributed by atoms with Gasteiger partial charge >= 0.3 is 23.9 Å². The maximum absolute atomic E-state index is 15.0. The highest BCUT2D eigenvalue weighted by molar-refractivity contribution is 6.29. The molecule has 5 aliphatic carbocycles. The fraction of sp³-hybridized carbons (Fsp3) is 0.439. The number of esters is 4. The standard InChI is InChI=1S/C66H70O20/c1-33-13-11-17-59(7)25-39(29-67)35(3)21-63(59)51(75)45(55(79)83-63)44(72)16-20-62(10)28-42(32-70)38(6)24-66(62)54(78)48(58(82)86-66)50(74)34(2)14-12-18-60(8)26-40(30-68)36(4)22-64(60)52(76)46(56(80)84-64)43(71)15-19-61(9)27-41(31-69)37(5)23-65(61)53(77)47(49(33)73)57(81)85-65/h11-20,25-28,31,35-38,67-68,70-74H,21-24,29-30,32H2,1-10H3. The third-order valence-electron chi connectivity index (χ3n) is 19.7. The van der Waals surface area contributed by atoms with Crippen molar-refractivity contribution in [3.63, 3.8) is 0 Å². The van der Waals surface area contributed by atoms with E-state index in [1.807, 2.05) is 0 Å². The van der Waals surface area contributed by atoms with Crippen LogP contribution < -0.4 is 0 Å². The molecule has 0 aromatic carbocycles. The summed E-state index contributed by atoms with van der Waals surface area (Å²) in [6, 6.07) is 0. The van der Waals surface area contributed by atoms with Crippen molar-refractivity contribution in [1.29, 1.82) is 0 Å².